The van der Waals surface area contributed by atoms with Crippen LogP contribution in [0.5, 0.6) is 0 Å². The van der Waals surface area contributed by atoms with Gasteiger partial charge < -0.3 is 9.84 Å². The van der Waals surface area contributed by atoms with Crippen LogP contribution in [0.3, 0.4) is 0 Å². The summed E-state index contributed by atoms with van der Waals surface area (Å²) in [7, 11) is 0. The van der Waals surface area contributed by atoms with Gasteiger partial charge in [-0.25, -0.2) is 4.79 Å². The average molecular weight is 310 g/mol. The lowest BCUT2D eigenvalue weighted by molar-refractivity contribution is -0.131. The summed E-state index contributed by atoms with van der Waals surface area (Å²) >= 11 is 1.68. The van der Waals surface area contributed by atoms with Crippen LogP contribution in [0.25, 0.3) is 0 Å². The van der Waals surface area contributed by atoms with Crippen molar-refractivity contribution in [3.63, 3.8) is 0 Å². The highest BCUT2D eigenvalue weighted by molar-refractivity contribution is 7.99. The second-order valence-corrected chi connectivity index (χ2v) is 6.52. The van der Waals surface area contributed by atoms with Crippen molar-refractivity contribution in [2.24, 2.45) is 0 Å². The number of aromatic nitrogens is 2. The summed E-state index contributed by atoms with van der Waals surface area (Å²) in [6.45, 7) is 2.14. The van der Waals surface area contributed by atoms with Gasteiger partial charge in [-0.1, -0.05) is 18.5 Å². The summed E-state index contributed by atoms with van der Waals surface area (Å²) in [6.07, 6.45) is 3.48. The SMILES string of the molecule is CCCCc1noc(CN2C(=O)NC3(CCSC3)C2=O)n1. The number of urea groups is 1. The highest BCUT2D eigenvalue weighted by Crippen LogP contribution is 2.33. The molecule has 1 N–H and O–H groups in total. The van der Waals surface area contributed by atoms with Crippen LogP contribution in [0.1, 0.15) is 37.9 Å². The van der Waals surface area contributed by atoms with Gasteiger partial charge in [0.1, 0.15) is 12.1 Å². The van der Waals surface area contributed by atoms with Crippen LogP contribution < -0.4 is 5.32 Å². The van der Waals surface area contributed by atoms with Gasteiger partial charge in [-0.3, -0.25) is 9.69 Å². The molecule has 0 aromatic carbocycles. The topological polar surface area (TPSA) is 88.3 Å². The van der Waals surface area contributed by atoms with E-state index in [1.807, 2.05) is 0 Å². The van der Waals surface area contributed by atoms with E-state index in [0.717, 1.165) is 25.0 Å². The van der Waals surface area contributed by atoms with Gasteiger partial charge >= 0.3 is 6.03 Å². The Labute approximate surface area is 126 Å². The molecule has 1 aromatic heterocycles. The Morgan fingerprint density at radius 3 is 3.05 bits per heavy atom. The van der Waals surface area contributed by atoms with Crippen LogP contribution >= 0.6 is 11.8 Å². The molecule has 2 aliphatic heterocycles. The van der Waals surface area contributed by atoms with E-state index in [1.54, 1.807) is 11.8 Å². The van der Waals surface area contributed by atoms with Gasteiger partial charge in [0.05, 0.1) is 0 Å². The predicted octanol–water partition coefficient (Wildman–Crippen LogP) is 1.34. The van der Waals surface area contributed by atoms with E-state index in [1.165, 1.54) is 4.90 Å². The Kier molecular flexibility index (Phi) is 3.88. The van der Waals surface area contributed by atoms with Crippen molar-refractivity contribution in [3.05, 3.63) is 11.7 Å². The zero-order chi connectivity index (χ0) is 14.9. The lowest BCUT2D eigenvalue weighted by atomic mass is 9.99. The molecule has 3 amide bonds. The van der Waals surface area contributed by atoms with E-state index in [4.69, 9.17) is 4.52 Å². The molecule has 0 saturated carbocycles. The van der Waals surface area contributed by atoms with E-state index in [2.05, 4.69) is 22.4 Å². The summed E-state index contributed by atoms with van der Waals surface area (Å²) in [4.78, 5) is 29.9. The minimum absolute atomic E-state index is 0.0518. The maximum absolute atomic E-state index is 12.5. The third kappa shape index (κ3) is 2.64. The van der Waals surface area contributed by atoms with Crippen molar-refractivity contribution in [1.29, 1.82) is 0 Å². The van der Waals surface area contributed by atoms with Crippen molar-refractivity contribution < 1.29 is 14.1 Å². The van der Waals surface area contributed by atoms with Crippen LogP contribution in [-0.2, 0) is 17.8 Å². The Hall–Kier alpha value is -1.57. The Bertz CT molecular complexity index is 553. The van der Waals surface area contributed by atoms with Gasteiger partial charge in [-0.05, 0) is 18.6 Å². The van der Waals surface area contributed by atoms with E-state index < -0.39 is 5.54 Å². The van der Waals surface area contributed by atoms with Crippen LogP contribution in [-0.4, -0.2) is 44.0 Å². The highest BCUT2D eigenvalue weighted by atomic mass is 32.2. The van der Waals surface area contributed by atoms with E-state index in [9.17, 15) is 9.59 Å². The van der Waals surface area contributed by atoms with E-state index in [0.29, 0.717) is 23.9 Å². The molecule has 0 aliphatic carbocycles. The summed E-state index contributed by atoms with van der Waals surface area (Å²) < 4.78 is 5.13. The summed E-state index contributed by atoms with van der Waals surface area (Å²) in [6, 6.07) is -0.365. The molecule has 1 atom stereocenters. The molecule has 114 valence electrons. The number of unbranched alkanes of at least 4 members (excludes halogenated alkanes) is 1. The minimum Gasteiger partial charge on any atom is -0.337 e. The van der Waals surface area contributed by atoms with Gasteiger partial charge in [0.15, 0.2) is 5.82 Å². The molecule has 8 heteroatoms. The molecule has 2 aliphatic rings. The number of hydrogen-bond donors (Lipinski definition) is 1. The molecule has 3 heterocycles. The summed E-state index contributed by atoms with van der Waals surface area (Å²) in [5.41, 5.74) is -0.715. The largest absolute Gasteiger partial charge is 0.337 e. The molecule has 2 saturated heterocycles. The Morgan fingerprint density at radius 1 is 1.48 bits per heavy atom. The summed E-state index contributed by atoms with van der Waals surface area (Å²) in [5, 5.41) is 6.69. The standard InChI is InChI=1S/C13H18N4O3S/c1-2-3-4-9-14-10(20-16-9)7-17-11(18)13(15-12(17)19)5-6-21-8-13/h2-8H2,1H3,(H,15,19). The van der Waals surface area contributed by atoms with Crippen molar-refractivity contribution >= 4 is 23.7 Å². The molecule has 1 aromatic rings. The molecule has 1 unspecified atom stereocenters. The van der Waals surface area contributed by atoms with E-state index >= 15 is 0 Å². The number of aryl methyl sites for hydroxylation is 1. The quantitative estimate of drug-likeness (QED) is 0.826. The number of carbonyl (C=O) groups excluding carboxylic acids is 2. The molecule has 0 bridgehead atoms. The number of thioether (sulfide) groups is 1. The Balaban J connectivity index is 1.68. The van der Waals surface area contributed by atoms with Gasteiger partial charge in [0.2, 0.25) is 5.89 Å². The fourth-order valence-electron chi connectivity index (χ4n) is 2.58. The van der Waals surface area contributed by atoms with E-state index in [-0.39, 0.29) is 18.5 Å². The van der Waals surface area contributed by atoms with Gasteiger partial charge in [0.25, 0.3) is 5.91 Å². The molecule has 3 rings (SSSR count). The fourth-order valence-corrected chi connectivity index (χ4v) is 3.90. The first-order valence-corrected chi connectivity index (χ1v) is 8.33. The third-order valence-electron chi connectivity index (χ3n) is 3.82. The Morgan fingerprint density at radius 2 is 2.33 bits per heavy atom. The van der Waals surface area contributed by atoms with Crippen LogP contribution in [0.2, 0.25) is 0 Å². The first-order valence-electron chi connectivity index (χ1n) is 7.18. The fraction of sp³-hybridized carbons (Fsp3) is 0.692. The van der Waals surface area contributed by atoms with Crippen LogP contribution in [0.4, 0.5) is 4.79 Å². The first kappa shape index (κ1) is 14.4. The second kappa shape index (κ2) is 5.67. The molecule has 1 spiro atoms. The zero-order valence-corrected chi connectivity index (χ0v) is 12.7. The number of carbonyl (C=O) groups is 2. The van der Waals surface area contributed by atoms with Gasteiger partial charge in [0, 0.05) is 12.2 Å². The maximum atomic E-state index is 12.5. The number of rotatable bonds is 5. The molecule has 0 radical (unpaired) electrons. The molecular weight excluding hydrogens is 292 g/mol. The molecule has 7 nitrogen and oxygen atoms in total. The van der Waals surface area contributed by atoms with Gasteiger partial charge in [-0.15, -0.1) is 0 Å². The number of nitrogens with one attached hydrogen (secondary N) is 1. The maximum Gasteiger partial charge on any atom is 0.325 e. The molecule has 2 fully saturated rings. The summed E-state index contributed by atoms with van der Waals surface area (Å²) in [5.74, 6) is 2.30. The molecule has 21 heavy (non-hydrogen) atoms. The van der Waals surface area contributed by atoms with Crippen molar-refractivity contribution in [2.45, 2.75) is 44.7 Å². The normalized spacial score (nSPS) is 25.1. The van der Waals surface area contributed by atoms with Crippen molar-refractivity contribution in [2.75, 3.05) is 11.5 Å². The lowest BCUT2D eigenvalue weighted by Gasteiger charge is -2.18. The van der Waals surface area contributed by atoms with Crippen LogP contribution in [0, 0.1) is 0 Å². The smallest absolute Gasteiger partial charge is 0.325 e. The van der Waals surface area contributed by atoms with Crippen molar-refractivity contribution in [3.8, 4) is 0 Å². The number of imide groups is 1. The minimum atomic E-state index is -0.715. The number of nitrogens with zero attached hydrogens (tertiary/aromatic N) is 3. The monoisotopic (exact) mass is 310 g/mol. The second-order valence-electron chi connectivity index (χ2n) is 5.41. The van der Waals surface area contributed by atoms with Crippen molar-refractivity contribution in [1.82, 2.24) is 20.4 Å². The number of hydrogen-bond acceptors (Lipinski definition) is 6. The predicted molar refractivity (Wildman–Crippen MR) is 76.7 cm³/mol. The van der Waals surface area contributed by atoms with Crippen LogP contribution in [0.15, 0.2) is 4.52 Å². The zero-order valence-electron chi connectivity index (χ0n) is 11.9. The third-order valence-corrected chi connectivity index (χ3v) is 5.01. The average Bonchev–Trinajstić information content (AvgIpc) is 3.15. The van der Waals surface area contributed by atoms with Gasteiger partial charge in [-0.2, -0.15) is 16.7 Å². The lowest BCUT2D eigenvalue weighted by Crippen LogP contribution is -2.46. The number of amides is 3. The highest BCUT2D eigenvalue weighted by Gasteiger charge is 2.53. The first-order chi connectivity index (χ1) is 10.1. The molecular formula is C13H18N4O3S.